The van der Waals surface area contributed by atoms with Gasteiger partial charge in [-0.25, -0.2) is 8.42 Å². The van der Waals surface area contributed by atoms with Crippen LogP contribution >= 0.6 is 11.8 Å². The van der Waals surface area contributed by atoms with Gasteiger partial charge in [-0.15, -0.1) is 0 Å². The molecule has 2 heterocycles. The predicted molar refractivity (Wildman–Crippen MR) is 99.4 cm³/mol. The van der Waals surface area contributed by atoms with Gasteiger partial charge >= 0.3 is 6.18 Å². The van der Waals surface area contributed by atoms with Crippen molar-refractivity contribution in [1.29, 1.82) is 0 Å². The number of sulfonamides is 1. The van der Waals surface area contributed by atoms with Crippen molar-refractivity contribution >= 4 is 33.4 Å². The predicted octanol–water partition coefficient (Wildman–Crippen LogP) is 2.53. The molecule has 0 radical (unpaired) electrons. The normalized spacial score (nSPS) is 16.0. The SMILES string of the molecule is O=C(NNc1cccc(C(F)(F)F)c1)c1cc(S(=O)(=O)N2CCSCC2)c[nH]1. The van der Waals surface area contributed by atoms with Crippen molar-refractivity contribution in [2.24, 2.45) is 0 Å². The van der Waals surface area contributed by atoms with E-state index in [-0.39, 0.29) is 16.3 Å². The molecule has 0 atom stereocenters. The summed E-state index contributed by atoms with van der Waals surface area (Å²) in [6.07, 6.45) is -3.28. The molecule has 1 aromatic carbocycles. The Morgan fingerprint density at radius 3 is 2.57 bits per heavy atom. The quantitative estimate of drug-likeness (QED) is 0.629. The summed E-state index contributed by atoms with van der Waals surface area (Å²) in [6, 6.07) is 5.51. The third kappa shape index (κ3) is 4.62. The van der Waals surface area contributed by atoms with Crippen molar-refractivity contribution < 1.29 is 26.4 Å². The second kappa shape index (κ2) is 8.05. The van der Waals surface area contributed by atoms with E-state index >= 15 is 0 Å². The molecule has 0 spiro atoms. The molecule has 12 heteroatoms. The molecule has 7 nitrogen and oxygen atoms in total. The number of hydrogen-bond acceptors (Lipinski definition) is 5. The van der Waals surface area contributed by atoms with E-state index in [1.807, 2.05) is 0 Å². The van der Waals surface area contributed by atoms with E-state index < -0.39 is 27.7 Å². The number of nitrogens with one attached hydrogen (secondary N) is 3. The van der Waals surface area contributed by atoms with Crippen LogP contribution in [0.3, 0.4) is 0 Å². The zero-order chi connectivity index (χ0) is 20.4. The Hall–Kier alpha value is -2.18. The van der Waals surface area contributed by atoms with E-state index in [4.69, 9.17) is 0 Å². The van der Waals surface area contributed by atoms with Gasteiger partial charge in [-0.3, -0.25) is 15.6 Å². The van der Waals surface area contributed by atoms with Crippen LogP contribution < -0.4 is 10.9 Å². The zero-order valence-corrected chi connectivity index (χ0v) is 16.0. The lowest BCUT2D eigenvalue weighted by Gasteiger charge is -2.24. The number of anilines is 1. The average molecular weight is 434 g/mol. The highest BCUT2D eigenvalue weighted by molar-refractivity contribution is 7.99. The molecule has 152 valence electrons. The lowest BCUT2D eigenvalue weighted by atomic mass is 10.2. The molecule has 1 aliphatic heterocycles. The number of thioether (sulfide) groups is 1. The molecule has 1 aliphatic rings. The molecule has 3 rings (SSSR count). The van der Waals surface area contributed by atoms with Crippen LogP contribution in [0, 0.1) is 0 Å². The molecule has 1 fully saturated rings. The minimum absolute atomic E-state index is 0.0355. The van der Waals surface area contributed by atoms with Gasteiger partial charge in [0.25, 0.3) is 5.91 Å². The van der Waals surface area contributed by atoms with Crippen molar-refractivity contribution in [2.75, 3.05) is 30.0 Å². The van der Waals surface area contributed by atoms with Crippen molar-refractivity contribution in [3.63, 3.8) is 0 Å². The summed E-state index contributed by atoms with van der Waals surface area (Å²) in [5, 5.41) is 0. The first-order valence-corrected chi connectivity index (χ1v) is 10.8. The number of hydrazine groups is 1. The van der Waals surface area contributed by atoms with Gasteiger partial charge in [-0.1, -0.05) is 6.07 Å². The minimum atomic E-state index is -4.50. The molecular formula is C16H17F3N4O3S2. The van der Waals surface area contributed by atoms with Gasteiger partial charge in [-0.2, -0.15) is 29.2 Å². The monoisotopic (exact) mass is 434 g/mol. The fraction of sp³-hybridized carbons (Fsp3) is 0.312. The van der Waals surface area contributed by atoms with Gasteiger partial charge in [0.05, 0.1) is 11.3 Å². The van der Waals surface area contributed by atoms with Crippen LogP contribution in [0.25, 0.3) is 0 Å². The molecule has 28 heavy (non-hydrogen) atoms. The molecule has 0 unspecified atom stereocenters. The van der Waals surface area contributed by atoms with E-state index in [2.05, 4.69) is 15.8 Å². The number of halogens is 3. The Morgan fingerprint density at radius 1 is 1.18 bits per heavy atom. The first-order valence-electron chi connectivity index (χ1n) is 8.18. The average Bonchev–Trinajstić information content (AvgIpc) is 3.17. The van der Waals surface area contributed by atoms with Gasteiger partial charge in [0.2, 0.25) is 10.0 Å². The maximum absolute atomic E-state index is 12.7. The third-order valence-corrected chi connectivity index (χ3v) is 6.84. The number of alkyl halides is 3. The largest absolute Gasteiger partial charge is 0.416 e. The Morgan fingerprint density at radius 2 is 1.89 bits per heavy atom. The number of H-pyrrole nitrogens is 1. The molecule has 1 saturated heterocycles. The number of nitrogens with zero attached hydrogens (tertiary/aromatic N) is 1. The highest BCUT2D eigenvalue weighted by Gasteiger charge is 2.30. The number of carbonyl (C=O) groups is 1. The molecule has 0 bridgehead atoms. The topological polar surface area (TPSA) is 94.3 Å². The van der Waals surface area contributed by atoms with Gasteiger partial charge in [0, 0.05) is 30.8 Å². The fourth-order valence-electron chi connectivity index (χ4n) is 2.56. The summed E-state index contributed by atoms with van der Waals surface area (Å²) < 4.78 is 64.7. The molecule has 1 amide bonds. The maximum atomic E-state index is 12.7. The van der Waals surface area contributed by atoms with E-state index in [0.29, 0.717) is 24.6 Å². The second-order valence-electron chi connectivity index (χ2n) is 5.92. The number of benzene rings is 1. The van der Waals surface area contributed by atoms with Crippen LogP contribution in [0.15, 0.2) is 41.4 Å². The van der Waals surface area contributed by atoms with Crippen molar-refractivity contribution in [3.8, 4) is 0 Å². The van der Waals surface area contributed by atoms with Gasteiger partial charge in [-0.05, 0) is 24.3 Å². The smallest absolute Gasteiger partial charge is 0.356 e. The van der Waals surface area contributed by atoms with Crippen LogP contribution in [0.1, 0.15) is 16.1 Å². The molecule has 3 N–H and O–H groups in total. The highest BCUT2D eigenvalue weighted by atomic mass is 32.2. The highest BCUT2D eigenvalue weighted by Crippen LogP contribution is 2.30. The van der Waals surface area contributed by atoms with E-state index in [1.54, 1.807) is 11.8 Å². The summed E-state index contributed by atoms with van der Waals surface area (Å²) in [5.74, 6) is 0.698. The third-order valence-electron chi connectivity index (χ3n) is 4.02. The number of amides is 1. The summed E-state index contributed by atoms with van der Waals surface area (Å²) in [4.78, 5) is 14.7. The molecular weight excluding hydrogens is 417 g/mol. The van der Waals surface area contributed by atoms with Crippen LogP contribution in [0.2, 0.25) is 0 Å². The first-order chi connectivity index (χ1) is 13.2. The Labute approximate surface area is 163 Å². The minimum Gasteiger partial charge on any atom is -0.356 e. The molecule has 0 saturated carbocycles. The Kier molecular flexibility index (Phi) is 5.91. The first kappa shape index (κ1) is 20.6. The number of carbonyl (C=O) groups excluding carboxylic acids is 1. The number of hydrogen-bond donors (Lipinski definition) is 3. The van der Waals surface area contributed by atoms with Gasteiger partial charge < -0.3 is 4.98 Å². The van der Waals surface area contributed by atoms with Gasteiger partial charge in [0.1, 0.15) is 10.6 Å². The van der Waals surface area contributed by atoms with E-state index in [0.717, 1.165) is 12.1 Å². The molecule has 0 aliphatic carbocycles. The van der Waals surface area contributed by atoms with Crippen LogP contribution in [0.4, 0.5) is 18.9 Å². The maximum Gasteiger partial charge on any atom is 0.416 e. The summed E-state index contributed by atoms with van der Waals surface area (Å²) >= 11 is 1.67. The van der Waals surface area contributed by atoms with Gasteiger partial charge in [0.15, 0.2) is 0 Å². The summed E-state index contributed by atoms with van der Waals surface area (Å²) in [7, 11) is -3.70. The van der Waals surface area contributed by atoms with Crippen LogP contribution in [-0.4, -0.2) is 48.2 Å². The lowest BCUT2D eigenvalue weighted by Crippen LogP contribution is -2.37. The summed E-state index contributed by atoms with van der Waals surface area (Å²) in [6.45, 7) is 0.799. The standard InChI is InChI=1S/C16H17F3N4O3S2/c17-16(18,19)11-2-1-3-12(8-11)21-22-15(24)14-9-13(10-20-14)28(25,26)23-4-6-27-7-5-23/h1-3,8-10,20-21H,4-7H2,(H,22,24). The van der Waals surface area contributed by atoms with Crippen LogP contribution in [-0.2, 0) is 16.2 Å². The fourth-order valence-corrected chi connectivity index (χ4v) is 5.13. The van der Waals surface area contributed by atoms with Crippen LogP contribution in [0.5, 0.6) is 0 Å². The number of rotatable bonds is 5. The van der Waals surface area contributed by atoms with E-state index in [1.165, 1.54) is 28.7 Å². The molecule has 1 aromatic heterocycles. The second-order valence-corrected chi connectivity index (χ2v) is 9.09. The number of aromatic nitrogens is 1. The zero-order valence-electron chi connectivity index (χ0n) is 14.4. The number of aromatic amines is 1. The van der Waals surface area contributed by atoms with Crippen molar-refractivity contribution in [1.82, 2.24) is 14.7 Å². The Bertz CT molecular complexity index is 954. The summed E-state index contributed by atoms with van der Waals surface area (Å²) in [5.41, 5.74) is 3.76. The van der Waals surface area contributed by atoms with E-state index in [9.17, 15) is 26.4 Å². The molecule has 2 aromatic rings. The Balaban J connectivity index is 1.66. The van der Waals surface area contributed by atoms with Crippen molar-refractivity contribution in [2.45, 2.75) is 11.1 Å². The van der Waals surface area contributed by atoms with Crippen molar-refractivity contribution in [3.05, 3.63) is 47.8 Å². The lowest BCUT2D eigenvalue weighted by molar-refractivity contribution is -0.137.